The van der Waals surface area contributed by atoms with E-state index in [-0.39, 0.29) is 63.5 Å². The summed E-state index contributed by atoms with van der Waals surface area (Å²) in [5, 5.41) is 0. The fourth-order valence-electron chi connectivity index (χ4n) is 2.13. The maximum Gasteiger partial charge on any atom is 1.00 e. The second-order valence-electron chi connectivity index (χ2n) is 3.90. The van der Waals surface area contributed by atoms with E-state index in [1.165, 1.54) is 0 Å². The van der Waals surface area contributed by atoms with Crippen LogP contribution in [-0.2, 0) is 0 Å². The van der Waals surface area contributed by atoms with Crippen LogP contribution in [0.1, 0.15) is 33.1 Å². The van der Waals surface area contributed by atoms with E-state index in [9.17, 15) is 12.9 Å². The third-order valence-corrected chi connectivity index (χ3v) is 2.84. The number of rotatable bonds is 3. The van der Waals surface area contributed by atoms with Crippen molar-refractivity contribution in [1.29, 1.82) is 0 Å². The van der Waals surface area contributed by atoms with Crippen molar-refractivity contribution in [1.82, 2.24) is 4.90 Å². The van der Waals surface area contributed by atoms with E-state index in [0.29, 0.717) is 0 Å². The second kappa shape index (κ2) is 6.25. The first-order valence-corrected chi connectivity index (χ1v) is 4.90. The molecule has 0 amide bonds. The van der Waals surface area contributed by atoms with E-state index in [2.05, 4.69) is 0 Å². The largest absolute Gasteiger partial charge is 1.00 e. The molecule has 0 spiro atoms. The summed E-state index contributed by atoms with van der Waals surface area (Å²) >= 11 is 0. The van der Waals surface area contributed by atoms with E-state index in [1.807, 2.05) is 13.8 Å². The monoisotopic (exact) mass is 233 g/mol. The molecule has 1 rings (SSSR count). The maximum absolute atomic E-state index is 12.2. The summed E-state index contributed by atoms with van der Waals surface area (Å²) in [6, 6.07) is 0.256. The van der Waals surface area contributed by atoms with E-state index in [1.54, 1.807) is 4.90 Å². The minimum atomic E-state index is -4.66. The molecule has 0 aliphatic carbocycles. The molecule has 78 valence electrons. The van der Waals surface area contributed by atoms with E-state index in [0.717, 1.165) is 19.3 Å². The zero-order valence-electron chi connectivity index (χ0n) is 9.14. The number of halogens is 3. The van der Waals surface area contributed by atoms with Crippen molar-refractivity contribution in [2.75, 3.05) is 6.44 Å². The predicted octanol–water partition coefficient (Wildman–Crippen LogP) is -0.360. The van der Waals surface area contributed by atoms with Gasteiger partial charge in [0.2, 0.25) is 0 Å². The van der Waals surface area contributed by atoms with Gasteiger partial charge in [-0.25, -0.2) is 0 Å². The van der Waals surface area contributed by atoms with E-state index < -0.39 is 13.4 Å². The van der Waals surface area contributed by atoms with Gasteiger partial charge in [0.1, 0.15) is 0 Å². The standard InChI is InChI=1S/C8H16BF3N.K/c1-3-8-5-4-7(2)13(8)6-9(10,11)12;/h7-8H,3-6H2,1-2H3;/q-1;+1. The summed E-state index contributed by atoms with van der Waals surface area (Å²) in [6.07, 6.45) is 1.98. The Morgan fingerprint density at radius 3 is 2.29 bits per heavy atom. The van der Waals surface area contributed by atoms with Gasteiger partial charge in [-0.2, -0.15) is 0 Å². The number of hydrogen-bond donors (Lipinski definition) is 0. The molecule has 1 aliphatic rings. The van der Waals surface area contributed by atoms with Crippen LogP contribution < -0.4 is 51.4 Å². The quantitative estimate of drug-likeness (QED) is 0.602. The molecule has 0 bridgehead atoms. The molecule has 0 N–H and O–H groups in total. The smallest absolute Gasteiger partial charge is 0.448 e. The Morgan fingerprint density at radius 1 is 1.29 bits per heavy atom. The van der Waals surface area contributed by atoms with Crippen LogP contribution in [0.15, 0.2) is 0 Å². The van der Waals surface area contributed by atoms with Gasteiger partial charge in [0.15, 0.2) is 0 Å². The molecule has 1 saturated heterocycles. The third-order valence-electron chi connectivity index (χ3n) is 2.84. The average Bonchev–Trinajstić information content (AvgIpc) is 2.30. The van der Waals surface area contributed by atoms with Crippen molar-refractivity contribution in [2.45, 2.75) is 45.2 Å². The summed E-state index contributed by atoms with van der Waals surface area (Å²) < 4.78 is 36.6. The van der Waals surface area contributed by atoms with Crippen molar-refractivity contribution in [3.8, 4) is 0 Å². The Bertz CT molecular complexity index is 176. The Hall–Kier alpha value is 1.45. The topological polar surface area (TPSA) is 3.24 Å². The first-order valence-electron chi connectivity index (χ1n) is 4.90. The normalized spacial score (nSPS) is 28.9. The van der Waals surface area contributed by atoms with Crippen molar-refractivity contribution < 1.29 is 64.3 Å². The van der Waals surface area contributed by atoms with Gasteiger partial charge in [-0.15, -0.1) is 0 Å². The molecule has 0 radical (unpaired) electrons. The summed E-state index contributed by atoms with van der Waals surface area (Å²) in [4.78, 5) is 1.61. The molecule has 6 heteroatoms. The molecule has 0 aromatic carbocycles. The van der Waals surface area contributed by atoms with Crippen LogP contribution >= 0.6 is 0 Å². The van der Waals surface area contributed by atoms with Crippen molar-refractivity contribution in [3.05, 3.63) is 0 Å². The summed E-state index contributed by atoms with van der Waals surface area (Å²) in [5.74, 6) is 0. The van der Waals surface area contributed by atoms with Gasteiger partial charge in [0.25, 0.3) is 0 Å². The fourth-order valence-corrected chi connectivity index (χ4v) is 2.13. The molecule has 14 heavy (non-hydrogen) atoms. The van der Waals surface area contributed by atoms with Gasteiger partial charge in [0, 0.05) is 12.1 Å². The molecule has 0 aromatic heterocycles. The molecule has 1 heterocycles. The van der Waals surface area contributed by atoms with Gasteiger partial charge < -0.3 is 17.8 Å². The predicted molar refractivity (Wildman–Crippen MR) is 48.6 cm³/mol. The van der Waals surface area contributed by atoms with Gasteiger partial charge in [0.05, 0.1) is 0 Å². The number of hydrogen-bond acceptors (Lipinski definition) is 1. The van der Waals surface area contributed by atoms with Crippen LogP contribution in [0.5, 0.6) is 0 Å². The molecule has 1 aliphatic heterocycles. The minimum absolute atomic E-state index is 0. The van der Waals surface area contributed by atoms with Crippen molar-refractivity contribution in [3.63, 3.8) is 0 Å². The molecule has 1 fully saturated rings. The molecule has 2 atom stereocenters. The molecular weight excluding hydrogens is 217 g/mol. The van der Waals surface area contributed by atoms with Gasteiger partial charge in [-0.1, -0.05) is 6.92 Å². The van der Waals surface area contributed by atoms with Gasteiger partial charge in [-0.05, 0) is 32.6 Å². The fraction of sp³-hybridized carbons (Fsp3) is 1.00. The Balaban J connectivity index is 0.00000169. The second-order valence-corrected chi connectivity index (χ2v) is 3.90. The van der Waals surface area contributed by atoms with Crippen LogP contribution in [0.3, 0.4) is 0 Å². The zero-order chi connectivity index (χ0) is 10.1. The van der Waals surface area contributed by atoms with Crippen LogP contribution in [0.4, 0.5) is 12.9 Å². The zero-order valence-corrected chi connectivity index (χ0v) is 12.3. The van der Waals surface area contributed by atoms with Gasteiger partial charge in [-0.3, -0.25) is 0 Å². The van der Waals surface area contributed by atoms with Crippen LogP contribution in [0, 0.1) is 0 Å². The van der Waals surface area contributed by atoms with Crippen LogP contribution in [-0.4, -0.2) is 30.4 Å². The van der Waals surface area contributed by atoms with E-state index >= 15 is 0 Å². The van der Waals surface area contributed by atoms with Crippen LogP contribution in [0.25, 0.3) is 0 Å². The molecule has 0 saturated carbocycles. The summed E-state index contributed by atoms with van der Waals surface area (Å²) in [5.41, 5.74) is 0. The minimum Gasteiger partial charge on any atom is -0.448 e. The first-order chi connectivity index (χ1) is 5.94. The Labute approximate surface area is 126 Å². The Morgan fingerprint density at radius 2 is 1.86 bits per heavy atom. The number of nitrogens with zero attached hydrogens (tertiary/aromatic N) is 1. The third kappa shape index (κ3) is 4.53. The average molecular weight is 233 g/mol. The maximum atomic E-state index is 12.2. The molecular formula is C8H16BF3KN. The van der Waals surface area contributed by atoms with Crippen molar-refractivity contribution in [2.24, 2.45) is 0 Å². The van der Waals surface area contributed by atoms with E-state index in [4.69, 9.17) is 0 Å². The van der Waals surface area contributed by atoms with Crippen LogP contribution in [0.2, 0.25) is 0 Å². The SMILES string of the molecule is CCC1CCC(C)N1C[B-](F)(F)F.[K+]. The molecule has 0 aromatic rings. The van der Waals surface area contributed by atoms with Gasteiger partial charge >= 0.3 is 58.4 Å². The summed E-state index contributed by atoms with van der Waals surface area (Å²) in [7, 11) is 0. The number of likely N-dealkylation sites (tertiary alicyclic amines) is 1. The molecule has 1 nitrogen and oxygen atoms in total. The molecule has 2 unspecified atom stereocenters. The summed E-state index contributed by atoms with van der Waals surface area (Å²) in [6.45, 7) is -0.812. The van der Waals surface area contributed by atoms with Crippen molar-refractivity contribution >= 4 is 6.98 Å². The first kappa shape index (κ1) is 15.5. The Kier molecular flexibility index (Phi) is 6.90.